The fraction of sp³-hybridized carbons (Fsp3) is 0.455. The van der Waals surface area contributed by atoms with Crippen LogP contribution >= 0.6 is 23.2 Å². The highest BCUT2D eigenvalue weighted by atomic mass is 35.5. The van der Waals surface area contributed by atoms with Gasteiger partial charge in [0.1, 0.15) is 0 Å². The lowest BCUT2D eigenvalue weighted by atomic mass is 9.95. The normalized spacial score (nSPS) is 13.7. The minimum Gasteiger partial charge on any atom is -0.194 e. The molecule has 0 spiro atoms. The zero-order valence-corrected chi connectivity index (χ0v) is 11.1. The molecule has 0 fully saturated rings. The number of rotatable bonds is 4. The van der Waals surface area contributed by atoms with Crippen molar-refractivity contribution in [1.29, 1.82) is 0 Å². The van der Waals surface area contributed by atoms with Crippen LogP contribution in [-0.4, -0.2) is 12.1 Å². The van der Waals surface area contributed by atoms with Gasteiger partial charge in [0.15, 0.2) is 0 Å². The highest BCUT2D eigenvalue weighted by Crippen LogP contribution is 2.52. The van der Waals surface area contributed by atoms with E-state index < -0.39 is 35.0 Å². The van der Waals surface area contributed by atoms with Crippen molar-refractivity contribution in [2.24, 2.45) is 0 Å². The van der Waals surface area contributed by atoms with E-state index in [9.17, 15) is 30.7 Å². The van der Waals surface area contributed by atoms with Crippen LogP contribution in [0.4, 0.5) is 30.7 Å². The predicted molar refractivity (Wildman–Crippen MR) is 60.5 cm³/mol. The summed E-state index contributed by atoms with van der Waals surface area (Å²) in [4.78, 5) is 0. The Morgan fingerprint density at radius 1 is 0.850 bits per heavy atom. The maximum atomic E-state index is 13.6. The molecule has 1 aromatic rings. The van der Waals surface area contributed by atoms with Crippen molar-refractivity contribution >= 4 is 23.2 Å². The Labute approximate surface area is 119 Å². The number of alkyl halides is 9. The highest BCUT2D eigenvalue weighted by Gasteiger charge is 2.73. The summed E-state index contributed by atoms with van der Waals surface area (Å²) in [7, 11) is 0. The molecule has 0 atom stereocenters. The molecule has 0 saturated heterocycles. The summed E-state index contributed by atoms with van der Waals surface area (Å²) in [6, 6.07) is 2.67. The third-order valence-electron chi connectivity index (χ3n) is 2.56. The first-order valence-corrected chi connectivity index (χ1v) is 6.12. The van der Waals surface area contributed by atoms with Gasteiger partial charge in [-0.2, -0.15) is 30.7 Å². The van der Waals surface area contributed by atoms with E-state index >= 15 is 0 Å². The number of benzene rings is 1. The summed E-state index contributed by atoms with van der Waals surface area (Å²) in [5.74, 6) is -12.6. The molecular formula is C11H7Cl2F7. The highest BCUT2D eigenvalue weighted by molar-refractivity contribution is 6.17. The van der Waals surface area contributed by atoms with Gasteiger partial charge in [-0.25, -0.2) is 0 Å². The molecular weight excluding hydrogens is 336 g/mol. The zero-order valence-electron chi connectivity index (χ0n) is 9.55. The molecule has 114 valence electrons. The van der Waals surface area contributed by atoms with Crippen LogP contribution in [0.1, 0.15) is 16.7 Å². The van der Waals surface area contributed by atoms with E-state index in [1.165, 1.54) is 6.07 Å². The number of halogens is 9. The summed E-state index contributed by atoms with van der Waals surface area (Å²) in [5.41, 5.74) is -2.02. The number of hydrogen-bond acceptors (Lipinski definition) is 0. The monoisotopic (exact) mass is 342 g/mol. The first-order chi connectivity index (χ1) is 8.99. The summed E-state index contributed by atoms with van der Waals surface area (Å²) in [6.45, 7) is 0. The smallest absolute Gasteiger partial charge is 0.194 e. The predicted octanol–water partition coefficient (Wildman–Crippen LogP) is 5.45. The Hall–Kier alpha value is -0.690. The maximum Gasteiger partial charge on any atom is 0.460 e. The Bertz CT molecular complexity index is 482. The van der Waals surface area contributed by atoms with Gasteiger partial charge in [0.2, 0.25) is 0 Å². The summed E-state index contributed by atoms with van der Waals surface area (Å²) in [6.07, 6.45) is -6.39. The van der Waals surface area contributed by atoms with Gasteiger partial charge in [0, 0.05) is 17.3 Å². The minimum absolute atomic E-state index is 0.0202. The van der Waals surface area contributed by atoms with Crippen LogP contribution in [0.5, 0.6) is 0 Å². The van der Waals surface area contributed by atoms with E-state index in [4.69, 9.17) is 23.2 Å². The third kappa shape index (κ3) is 2.83. The molecule has 0 unspecified atom stereocenters. The van der Waals surface area contributed by atoms with Crippen molar-refractivity contribution < 1.29 is 30.7 Å². The van der Waals surface area contributed by atoms with Gasteiger partial charge in [-0.15, -0.1) is 23.2 Å². The molecule has 0 aromatic heterocycles. The molecule has 0 bridgehead atoms. The molecule has 0 heterocycles. The van der Waals surface area contributed by atoms with Crippen molar-refractivity contribution in [1.82, 2.24) is 0 Å². The second kappa shape index (κ2) is 5.60. The molecule has 0 amide bonds. The van der Waals surface area contributed by atoms with Gasteiger partial charge in [-0.3, -0.25) is 0 Å². The molecule has 0 aliphatic carbocycles. The minimum atomic E-state index is -6.39. The van der Waals surface area contributed by atoms with Crippen molar-refractivity contribution in [3.05, 3.63) is 34.9 Å². The first kappa shape index (κ1) is 17.4. The van der Waals surface area contributed by atoms with E-state index in [0.29, 0.717) is 6.07 Å². The largest absolute Gasteiger partial charge is 0.460 e. The SMILES string of the molecule is FC(F)(F)C(F)(F)C(F)(F)c1cc(CCl)ccc1CCl. The molecule has 20 heavy (non-hydrogen) atoms. The van der Waals surface area contributed by atoms with Crippen molar-refractivity contribution in [3.63, 3.8) is 0 Å². The Balaban J connectivity index is 3.48. The summed E-state index contributed by atoms with van der Waals surface area (Å²) >= 11 is 10.7. The lowest BCUT2D eigenvalue weighted by Crippen LogP contribution is -2.50. The van der Waals surface area contributed by atoms with E-state index in [1.54, 1.807) is 0 Å². The fourth-order valence-electron chi connectivity index (χ4n) is 1.46. The van der Waals surface area contributed by atoms with Crippen LogP contribution in [0.3, 0.4) is 0 Å². The summed E-state index contributed by atoms with van der Waals surface area (Å²) < 4.78 is 89.7. The molecule has 0 radical (unpaired) electrons. The van der Waals surface area contributed by atoms with Crippen LogP contribution in [0.15, 0.2) is 18.2 Å². The Morgan fingerprint density at radius 3 is 1.80 bits per heavy atom. The van der Waals surface area contributed by atoms with E-state index in [0.717, 1.165) is 6.07 Å². The lowest BCUT2D eigenvalue weighted by molar-refractivity contribution is -0.359. The first-order valence-electron chi connectivity index (χ1n) is 5.05. The van der Waals surface area contributed by atoms with Gasteiger partial charge >= 0.3 is 18.0 Å². The van der Waals surface area contributed by atoms with Gasteiger partial charge < -0.3 is 0 Å². The van der Waals surface area contributed by atoms with Crippen molar-refractivity contribution in [2.45, 2.75) is 29.8 Å². The topological polar surface area (TPSA) is 0 Å². The van der Waals surface area contributed by atoms with Crippen LogP contribution < -0.4 is 0 Å². The van der Waals surface area contributed by atoms with Crippen LogP contribution in [0, 0.1) is 0 Å². The quantitative estimate of drug-likeness (QED) is 0.504. The van der Waals surface area contributed by atoms with E-state index in [1.807, 2.05) is 0 Å². The van der Waals surface area contributed by atoms with Crippen molar-refractivity contribution in [3.8, 4) is 0 Å². The Morgan fingerprint density at radius 2 is 1.40 bits per heavy atom. The van der Waals surface area contributed by atoms with Crippen molar-refractivity contribution in [2.75, 3.05) is 0 Å². The summed E-state index contributed by atoms with van der Waals surface area (Å²) in [5, 5.41) is 0. The standard InChI is InChI=1S/C11H7Cl2F7/c12-4-6-1-2-7(5-13)8(3-6)9(14,15)10(16,17)11(18,19)20/h1-3H,4-5H2. The maximum absolute atomic E-state index is 13.6. The zero-order chi connectivity index (χ0) is 15.8. The lowest BCUT2D eigenvalue weighted by Gasteiger charge is -2.29. The molecule has 1 aromatic carbocycles. The second-order valence-corrected chi connectivity index (χ2v) is 4.44. The second-order valence-electron chi connectivity index (χ2n) is 3.91. The van der Waals surface area contributed by atoms with Gasteiger partial charge in [0.05, 0.1) is 0 Å². The molecule has 0 saturated carbocycles. The van der Waals surface area contributed by atoms with Crippen LogP contribution in [0.25, 0.3) is 0 Å². The molecule has 0 aliphatic heterocycles. The third-order valence-corrected chi connectivity index (χ3v) is 3.16. The Kier molecular flexibility index (Phi) is 4.86. The van der Waals surface area contributed by atoms with E-state index in [2.05, 4.69) is 0 Å². The van der Waals surface area contributed by atoms with Crippen LogP contribution in [0.2, 0.25) is 0 Å². The van der Waals surface area contributed by atoms with Gasteiger partial charge in [0.25, 0.3) is 0 Å². The molecule has 0 nitrogen and oxygen atoms in total. The van der Waals surface area contributed by atoms with Gasteiger partial charge in [-0.05, 0) is 17.2 Å². The van der Waals surface area contributed by atoms with Gasteiger partial charge in [-0.1, -0.05) is 12.1 Å². The van der Waals surface area contributed by atoms with Crippen LogP contribution in [-0.2, 0) is 17.7 Å². The molecule has 1 rings (SSSR count). The average Bonchev–Trinajstić information content (AvgIpc) is 2.36. The number of hydrogen-bond donors (Lipinski definition) is 0. The fourth-order valence-corrected chi connectivity index (χ4v) is 1.86. The van der Waals surface area contributed by atoms with E-state index in [-0.39, 0.29) is 11.4 Å². The molecule has 0 N–H and O–H groups in total. The average molecular weight is 343 g/mol. The molecule has 0 aliphatic rings. The molecule has 9 heteroatoms.